The third-order valence-electron chi connectivity index (χ3n) is 3.73. The number of anilines is 1. The van der Waals surface area contributed by atoms with Crippen molar-refractivity contribution in [2.75, 3.05) is 50.8 Å². The van der Waals surface area contributed by atoms with Gasteiger partial charge >= 0.3 is 0 Å². The highest BCUT2D eigenvalue weighted by molar-refractivity contribution is 7.80. The number of hydrogen-bond donors (Lipinski definition) is 2. The monoisotopic (exact) mass is 323 g/mol. The van der Waals surface area contributed by atoms with Crippen molar-refractivity contribution in [3.63, 3.8) is 0 Å². The number of hydrogen-bond acceptors (Lipinski definition) is 4. The smallest absolute Gasteiger partial charge is 0.169 e. The van der Waals surface area contributed by atoms with E-state index in [1.54, 1.807) is 12.1 Å². The first-order chi connectivity index (χ1) is 10.7. The Bertz CT molecular complexity index is 459. The van der Waals surface area contributed by atoms with Gasteiger partial charge in [-0.05, 0) is 49.8 Å². The van der Waals surface area contributed by atoms with Gasteiger partial charge in [0.15, 0.2) is 5.11 Å². The van der Waals surface area contributed by atoms with Crippen LogP contribution in [0.1, 0.15) is 13.3 Å². The molecule has 1 aliphatic rings. The molecule has 1 fully saturated rings. The molecule has 0 spiro atoms. The van der Waals surface area contributed by atoms with Crippen molar-refractivity contribution in [3.05, 3.63) is 24.3 Å². The van der Waals surface area contributed by atoms with E-state index in [1.165, 1.54) is 0 Å². The van der Waals surface area contributed by atoms with Gasteiger partial charge in [0.05, 0.1) is 0 Å². The van der Waals surface area contributed by atoms with E-state index in [0.29, 0.717) is 5.75 Å². The highest BCUT2D eigenvalue weighted by Crippen LogP contribution is 2.19. The van der Waals surface area contributed by atoms with Crippen molar-refractivity contribution in [1.29, 1.82) is 0 Å². The number of ether oxygens (including phenoxy) is 1. The molecule has 0 aromatic heterocycles. The molecule has 1 aromatic carbocycles. The molecule has 1 saturated heterocycles. The first-order valence-corrected chi connectivity index (χ1v) is 8.26. The summed E-state index contributed by atoms with van der Waals surface area (Å²) in [5, 5.41) is 13.5. The van der Waals surface area contributed by atoms with Crippen molar-refractivity contribution in [2.45, 2.75) is 13.3 Å². The molecule has 0 radical (unpaired) electrons. The van der Waals surface area contributed by atoms with Gasteiger partial charge in [0.2, 0.25) is 0 Å². The molecular weight excluding hydrogens is 298 g/mol. The molecular formula is C16H25N3O2S. The van der Waals surface area contributed by atoms with Gasteiger partial charge in [0, 0.05) is 51.6 Å². The number of benzene rings is 1. The summed E-state index contributed by atoms with van der Waals surface area (Å²) >= 11 is 5.45. The number of nitrogens with one attached hydrogen (secondary N) is 1. The molecule has 0 unspecified atom stereocenters. The molecule has 2 N–H and O–H groups in total. The van der Waals surface area contributed by atoms with Crippen LogP contribution in [0.3, 0.4) is 0 Å². The second-order valence-electron chi connectivity index (χ2n) is 5.27. The van der Waals surface area contributed by atoms with E-state index in [4.69, 9.17) is 17.0 Å². The summed E-state index contributed by atoms with van der Waals surface area (Å²) in [4.78, 5) is 4.53. The first kappa shape index (κ1) is 16.8. The Labute approximate surface area is 137 Å². The average Bonchev–Trinajstić information content (AvgIpc) is 2.55. The fraction of sp³-hybridized carbons (Fsp3) is 0.562. The standard InChI is InChI=1S/C16H25N3O2S/c1-2-21-13-3-8-17-16(22)19-11-9-18(10-12-19)14-4-6-15(20)7-5-14/h4-7,20H,2-3,8-13H2,1H3,(H,17,22). The summed E-state index contributed by atoms with van der Waals surface area (Å²) in [6, 6.07) is 7.36. The van der Waals surface area contributed by atoms with E-state index in [-0.39, 0.29) is 0 Å². The average molecular weight is 323 g/mol. The molecule has 22 heavy (non-hydrogen) atoms. The van der Waals surface area contributed by atoms with Crippen LogP contribution in [0, 0.1) is 0 Å². The van der Waals surface area contributed by atoms with Crippen LogP contribution in [0.15, 0.2) is 24.3 Å². The highest BCUT2D eigenvalue weighted by atomic mass is 32.1. The largest absolute Gasteiger partial charge is 0.508 e. The van der Waals surface area contributed by atoms with Crippen molar-refractivity contribution < 1.29 is 9.84 Å². The van der Waals surface area contributed by atoms with Gasteiger partial charge in [0.25, 0.3) is 0 Å². The van der Waals surface area contributed by atoms with Crippen LogP contribution in [0.25, 0.3) is 0 Å². The summed E-state index contributed by atoms with van der Waals surface area (Å²) in [5.74, 6) is 0.305. The molecule has 122 valence electrons. The number of phenolic OH excluding ortho intramolecular Hbond substituents is 1. The zero-order chi connectivity index (χ0) is 15.8. The highest BCUT2D eigenvalue weighted by Gasteiger charge is 2.18. The van der Waals surface area contributed by atoms with Crippen LogP contribution in [0.2, 0.25) is 0 Å². The van der Waals surface area contributed by atoms with E-state index in [2.05, 4.69) is 15.1 Å². The van der Waals surface area contributed by atoms with Gasteiger partial charge in [-0.15, -0.1) is 0 Å². The Morgan fingerprint density at radius 1 is 1.23 bits per heavy atom. The molecule has 0 atom stereocenters. The minimum Gasteiger partial charge on any atom is -0.508 e. The Morgan fingerprint density at radius 3 is 2.55 bits per heavy atom. The molecule has 2 rings (SSSR count). The van der Waals surface area contributed by atoms with Crippen molar-refractivity contribution in [2.24, 2.45) is 0 Å². The second-order valence-corrected chi connectivity index (χ2v) is 5.66. The van der Waals surface area contributed by atoms with Crippen molar-refractivity contribution in [3.8, 4) is 5.75 Å². The summed E-state index contributed by atoms with van der Waals surface area (Å²) in [5.41, 5.74) is 1.15. The predicted molar refractivity (Wildman–Crippen MR) is 93.6 cm³/mol. The van der Waals surface area contributed by atoms with Crippen LogP contribution in [-0.2, 0) is 4.74 Å². The maximum absolute atomic E-state index is 9.35. The zero-order valence-electron chi connectivity index (χ0n) is 13.1. The molecule has 1 aromatic rings. The number of nitrogens with zero attached hydrogens (tertiary/aromatic N) is 2. The second kappa shape index (κ2) is 8.80. The van der Waals surface area contributed by atoms with Crippen LogP contribution >= 0.6 is 12.2 Å². The summed E-state index contributed by atoms with van der Waals surface area (Å²) < 4.78 is 5.31. The van der Waals surface area contributed by atoms with Crippen molar-refractivity contribution in [1.82, 2.24) is 10.2 Å². The zero-order valence-corrected chi connectivity index (χ0v) is 13.9. The lowest BCUT2D eigenvalue weighted by molar-refractivity contribution is 0.145. The van der Waals surface area contributed by atoms with Gasteiger partial charge in [-0.3, -0.25) is 0 Å². The fourth-order valence-electron chi connectivity index (χ4n) is 2.46. The number of piperazine rings is 1. The van der Waals surface area contributed by atoms with Gasteiger partial charge < -0.3 is 25.0 Å². The number of rotatable bonds is 6. The summed E-state index contributed by atoms with van der Waals surface area (Å²) in [7, 11) is 0. The minimum absolute atomic E-state index is 0.305. The third-order valence-corrected chi connectivity index (χ3v) is 4.13. The van der Waals surface area contributed by atoms with Crippen LogP contribution in [0.4, 0.5) is 5.69 Å². The molecule has 0 saturated carbocycles. The third kappa shape index (κ3) is 5.03. The van der Waals surface area contributed by atoms with Crippen LogP contribution < -0.4 is 10.2 Å². The Balaban J connectivity index is 1.70. The Hall–Kier alpha value is -1.53. The Kier molecular flexibility index (Phi) is 6.74. The Morgan fingerprint density at radius 2 is 1.91 bits per heavy atom. The van der Waals surface area contributed by atoms with Gasteiger partial charge in [0.1, 0.15) is 5.75 Å². The molecule has 1 heterocycles. The van der Waals surface area contributed by atoms with E-state index in [1.807, 2.05) is 19.1 Å². The first-order valence-electron chi connectivity index (χ1n) is 7.85. The lowest BCUT2D eigenvalue weighted by atomic mass is 10.2. The molecule has 0 aliphatic carbocycles. The van der Waals surface area contributed by atoms with Gasteiger partial charge in [-0.1, -0.05) is 0 Å². The van der Waals surface area contributed by atoms with E-state index >= 15 is 0 Å². The molecule has 1 aliphatic heterocycles. The van der Waals surface area contributed by atoms with Crippen molar-refractivity contribution >= 4 is 23.0 Å². The minimum atomic E-state index is 0.305. The number of phenols is 1. The maximum Gasteiger partial charge on any atom is 0.169 e. The lowest BCUT2D eigenvalue weighted by Crippen LogP contribution is -2.51. The van der Waals surface area contributed by atoms with Crippen LogP contribution in [-0.4, -0.2) is 61.1 Å². The van der Waals surface area contributed by atoms with Crippen LogP contribution in [0.5, 0.6) is 5.75 Å². The van der Waals surface area contributed by atoms with E-state index < -0.39 is 0 Å². The molecule has 0 amide bonds. The van der Waals surface area contributed by atoms with Gasteiger partial charge in [-0.25, -0.2) is 0 Å². The number of aromatic hydroxyl groups is 1. The quantitative estimate of drug-likeness (QED) is 0.615. The molecule has 5 nitrogen and oxygen atoms in total. The van der Waals surface area contributed by atoms with Gasteiger partial charge in [-0.2, -0.15) is 0 Å². The predicted octanol–water partition coefficient (Wildman–Crippen LogP) is 1.82. The maximum atomic E-state index is 9.35. The number of thiocarbonyl (C=S) groups is 1. The fourth-order valence-corrected chi connectivity index (χ4v) is 2.74. The van der Waals surface area contributed by atoms with E-state index in [9.17, 15) is 5.11 Å². The molecule has 6 heteroatoms. The normalized spacial score (nSPS) is 15.0. The summed E-state index contributed by atoms with van der Waals surface area (Å²) in [6.45, 7) is 8.11. The SMILES string of the molecule is CCOCCCNC(=S)N1CCN(c2ccc(O)cc2)CC1. The van der Waals surface area contributed by atoms with E-state index in [0.717, 1.165) is 63.2 Å². The molecule has 0 bridgehead atoms. The summed E-state index contributed by atoms with van der Waals surface area (Å²) in [6.07, 6.45) is 0.974. The lowest BCUT2D eigenvalue weighted by Gasteiger charge is -2.37. The topological polar surface area (TPSA) is 48.0 Å².